The summed E-state index contributed by atoms with van der Waals surface area (Å²) in [5.41, 5.74) is 1.05. The Balaban J connectivity index is 1.57. The molecule has 0 bridgehead atoms. The summed E-state index contributed by atoms with van der Waals surface area (Å²) in [5, 5.41) is 10.6. The molecule has 3 aromatic rings. The average molecular weight is 453 g/mol. The van der Waals surface area contributed by atoms with Crippen LogP contribution in [0, 0.1) is 10.1 Å². The average Bonchev–Trinajstić information content (AvgIpc) is 3.50. The fourth-order valence-electron chi connectivity index (χ4n) is 3.10. The molecule has 32 heavy (non-hydrogen) atoms. The highest BCUT2D eigenvalue weighted by Crippen LogP contribution is 2.34. The van der Waals surface area contributed by atoms with E-state index in [-0.39, 0.29) is 28.7 Å². The molecule has 4 rings (SSSR count). The number of hydrogen-bond donors (Lipinski definition) is 0. The van der Waals surface area contributed by atoms with Crippen molar-refractivity contribution in [2.45, 2.75) is 6.54 Å². The van der Waals surface area contributed by atoms with Crippen LogP contribution in [-0.2, 0) is 16.1 Å². The molecule has 3 heterocycles. The lowest BCUT2D eigenvalue weighted by molar-refractivity contribution is -0.384. The molecule has 2 amide bonds. The second kappa shape index (κ2) is 8.55. The number of rotatable bonds is 6. The molecule has 0 atom stereocenters. The van der Waals surface area contributed by atoms with Crippen molar-refractivity contribution < 1.29 is 28.5 Å². The van der Waals surface area contributed by atoms with Gasteiger partial charge in [-0.05, 0) is 48.2 Å². The number of nitrogens with zero attached hydrogens (tertiary/aromatic N) is 3. The molecule has 1 aliphatic rings. The Bertz CT molecular complexity index is 1270. The number of imide groups is 1. The summed E-state index contributed by atoms with van der Waals surface area (Å²) in [6.45, 7) is -0.134. The van der Waals surface area contributed by atoms with Crippen LogP contribution in [0.3, 0.4) is 0 Å². The fourth-order valence-corrected chi connectivity index (χ4v) is 3.93. The Kier molecular flexibility index (Phi) is 5.65. The molecule has 162 valence electrons. The van der Waals surface area contributed by atoms with Crippen molar-refractivity contribution in [2.24, 2.45) is 0 Å². The summed E-state index contributed by atoms with van der Waals surface area (Å²) < 4.78 is 11.6. The number of carbonyl (C=O) groups is 3. The number of aromatic nitrogens is 1. The van der Waals surface area contributed by atoms with E-state index in [0.29, 0.717) is 11.4 Å². The summed E-state index contributed by atoms with van der Waals surface area (Å²) in [6, 6.07) is 12.4. The van der Waals surface area contributed by atoms with Gasteiger partial charge in [-0.3, -0.25) is 24.6 Å². The lowest BCUT2D eigenvalue weighted by Crippen LogP contribution is -2.27. The normalized spacial score (nSPS) is 14.9. The quantitative estimate of drug-likeness (QED) is 0.237. The second-order valence-corrected chi connectivity index (χ2v) is 7.60. The van der Waals surface area contributed by atoms with E-state index in [9.17, 15) is 24.5 Å². The zero-order valence-electron chi connectivity index (χ0n) is 16.6. The molecule has 0 aliphatic carbocycles. The van der Waals surface area contributed by atoms with E-state index in [4.69, 9.17) is 4.42 Å². The third kappa shape index (κ3) is 4.05. The zero-order chi connectivity index (χ0) is 22.8. The van der Waals surface area contributed by atoms with Crippen molar-refractivity contribution in [3.05, 3.63) is 87.0 Å². The van der Waals surface area contributed by atoms with Crippen LogP contribution in [0.1, 0.15) is 22.0 Å². The first-order valence-electron chi connectivity index (χ1n) is 9.22. The summed E-state index contributed by atoms with van der Waals surface area (Å²) in [5.74, 6) is -0.941. The number of non-ortho nitro benzene ring substituents is 1. The second-order valence-electron chi connectivity index (χ2n) is 6.61. The van der Waals surface area contributed by atoms with Crippen molar-refractivity contribution in [1.29, 1.82) is 0 Å². The third-order valence-corrected chi connectivity index (χ3v) is 5.52. The van der Waals surface area contributed by atoms with Gasteiger partial charge in [-0.2, -0.15) is 0 Å². The van der Waals surface area contributed by atoms with E-state index in [2.05, 4.69) is 4.74 Å². The molecule has 1 aromatic carbocycles. The van der Waals surface area contributed by atoms with Crippen LogP contribution in [0.4, 0.5) is 10.5 Å². The number of benzene rings is 1. The van der Waals surface area contributed by atoms with Crippen LogP contribution in [-0.4, -0.2) is 38.6 Å². The number of thioether (sulfide) groups is 1. The highest BCUT2D eigenvalue weighted by atomic mass is 32.2. The molecule has 1 saturated heterocycles. The summed E-state index contributed by atoms with van der Waals surface area (Å²) in [7, 11) is 1.22. The first-order valence-corrected chi connectivity index (χ1v) is 10.0. The number of carbonyl (C=O) groups excluding carboxylic acids is 3. The molecular formula is C21H15N3O7S. The Morgan fingerprint density at radius 3 is 2.78 bits per heavy atom. The van der Waals surface area contributed by atoms with Crippen LogP contribution < -0.4 is 0 Å². The zero-order valence-corrected chi connectivity index (χ0v) is 17.4. The Hall–Kier alpha value is -4.12. The topological polar surface area (TPSA) is 125 Å². The van der Waals surface area contributed by atoms with Gasteiger partial charge in [-0.15, -0.1) is 0 Å². The van der Waals surface area contributed by atoms with Gasteiger partial charge < -0.3 is 13.7 Å². The van der Waals surface area contributed by atoms with Gasteiger partial charge in [0.05, 0.1) is 29.2 Å². The third-order valence-electron chi connectivity index (χ3n) is 4.61. The van der Waals surface area contributed by atoms with Crippen LogP contribution in [0.15, 0.2) is 64.1 Å². The summed E-state index contributed by atoms with van der Waals surface area (Å²) in [6.07, 6.45) is 3.25. The smallest absolute Gasteiger partial charge is 0.373 e. The predicted molar refractivity (Wildman–Crippen MR) is 114 cm³/mol. The number of esters is 1. The summed E-state index contributed by atoms with van der Waals surface area (Å²) >= 11 is 0.773. The Labute approximate surface area is 185 Å². The van der Waals surface area contributed by atoms with Gasteiger partial charge in [0.1, 0.15) is 5.76 Å². The maximum absolute atomic E-state index is 12.8. The number of amides is 2. The molecule has 0 unspecified atom stereocenters. The van der Waals surface area contributed by atoms with Crippen molar-refractivity contribution >= 4 is 40.6 Å². The monoisotopic (exact) mass is 453 g/mol. The predicted octanol–water partition coefficient (Wildman–Crippen LogP) is 4.00. The van der Waals surface area contributed by atoms with E-state index in [1.54, 1.807) is 41.1 Å². The Morgan fingerprint density at radius 2 is 2.03 bits per heavy atom. The van der Waals surface area contributed by atoms with Gasteiger partial charge >= 0.3 is 5.97 Å². The van der Waals surface area contributed by atoms with Crippen LogP contribution in [0.2, 0.25) is 0 Å². The minimum Gasteiger partial charge on any atom is -0.463 e. The van der Waals surface area contributed by atoms with Gasteiger partial charge in [0.15, 0.2) is 0 Å². The minimum absolute atomic E-state index is 0.0280. The van der Waals surface area contributed by atoms with Gasteiger partial charge in [0.25, 0.3) is 16.8 Å². The molecule has 11 heteroatoms. The standard InChI is InChI=1S/C21H15N3O7S/c1-30-20(26)17-8-7-16(31-17)12-23-19(25)18(32-21(23)27)11-14-6-3-9-22(14)13-4-2-5-15(10-13)24(28)29/h2-11H,12H2,1H3/b18-11+. The first-order chi connectivity index (χ1) is 15.4. The molecule has 0 saturated carbocycles. The minimum atomic E-state index is -0.660. The van der Waals surface area contributed by atoms with Crippen molar-refractivity contribution in [3.63, 3.8) is 0 Å². The van der Waals surface area contributed by atoms with Crippen molar-refractivity contribution in [3.8, 4) is 5.69 Å². The van der Waals surface area contributed by atoms with Crippen LogP contribution in [0.5, 0.6) is 0 Å². The van der Waals surface area contributed by atoms with Gasteiger partial charge in [-0.1, -0.05) is 6.07 Å². The lowest BCUT2D eigenvalue weighted by atomic mass is 10.2. The van der Waals surface area contributed by atoms with Gasteiger partial charge in [0, 0.05) is 24.0 Å². The van der Waals surface area contributed by atoms with Gasteiger partial charge in [0.2, 0.25) is 5.76 Å². The van der Waals surface area contributed by atoms with E-state index in [1.165, 1.54) is 31.4 Å². The number of nitro groups is 1. The van der Waals surface area contributed by atoms with Crippen LogP contribution in [0.25, 0.3) is 11.8 Å². The molecule has 0 spiro atoms. The maximum atomic E-state index is 12.8. The largest absolute Gasteiger partial charge is 0.463 e. The maximum Gasteiger partial charge on any atom is 0.373 e. The molecule has 0 radical (unpaired) electrons. The number of hydrogen-bond acceptors (Lipinski definition) is 8. The SMILES string of the molecule is COC(=O)c1ccc(CN2C(=O)S/C(=C/c3cccn3-c3cccc([N+](=O)[O-])c3)C2=O)o1. The number of furan rings is 1. The molecule has 2 aromatic heterocycles. The van der Waals surface area contributed by atoms with Crippen LogP contribution >= 0.6 is 11.8 Å². The molecule has 0 N–H and O–H groups in total. The first kappa shape index (κ1) is 21.1. The molecule has 10 nitrogen and oxygen atoms in total. The number of ether oxygens (including phenoxy) is 1. The van der Waals surface area contributed by atoms with E-state index in [1.807, 2.05) is 0 Å². The Morgan fingerprint density at radius 1 is 1.22 bits per heavy atom. The van der Waals surface area contributed by atoms with Crippen molar-refractivity contribution in [2.75, 3.05) is 7.11 Å². The highest BCUT2D eigenvalue weighted by Gasteiger charge is 2.36. The summed E-state index contributed by atoms with van der Waals surface area (Å²) in [4.78, 5) is 48.5. The van der Waals surface area contributed by atoms with Crippen molar-refractivity contribution in [1.82, 2.24) is 9.47 Å². The molecular weight excluding hydrogens is 438 g/mol. The highest BCUT2D eigenvalue weighted by molar-refractivity contribution is 8.18. The number of methoxy groups -OCH3 is 1. The molecule has 1 fully saturated rings. The van der Waals surface area contributed by atoms with E-state index >= 15 is 0 Å². The fraction of sp³-hybridized carbons (Fsp3) is 0.0952. The van der Waals surface area contributed by atoms with E-state index < -0.39 is 22.0 Å². The molecule has 1 aliphatic heterocycles. The van der Waals surface area contributed by atoms with E-state index in [0.717, 1.165) is 16.7 Å². The van der Waals surface area contributed by atoms with Gasteiger partial charge in [-0.25, -0.2) is 4.79 Å². The lowest BCUT2D eigenvalue weighted by Gasteiger charge is -2.10. The number of nitro benzene ring substituents is 1.